The Morgan fingerprint density at radius 2 is 0.780 bits per heavy atom. The second-order valence-electron chi connectivity index (χ2n) is 16.4. The number of unbranched alkanes of at least 4 members (excludes halogenated alkanes) is 14. The topological polar surface area (TPSA) is 139 Å². The first-order chi connectivity index (χ1) is 28.2. The van der Waals surface area contributed by atoms with Gasteiger partial charge in [0.1, 0.15) is 0 Å². The molecule has 0 heterocycles. The number of benzene rings is 2. The molecular formula is C50H82BaO8. The number of carbonyl (C=O) groups is 2. The molecule has 8 nitrogen and oxygen atoms in total. The van der Waals surface area contributed by atoms with Gasteiger partial charge in [-0.05, 0) is 88.2 Å². The van der Waals surface area contributed by atoms with Crippen molar-refractivity contribution in [2.24, 2.45) is 0 Å². The number of hydrogen-bond acceptors (Lipinski definition) is 8. The van der Waals surface area contributed by atoms with E-state index >= 15 is 0 Å². The van der Waals surface area contributed by atoms with Gasteiger partial charge in [-0.2, -0.15) is 0 Å². The Hall–Kier alpha value is -1.21. The minimum absolute atomic E-state index is 0. The molecule has 0 aromatic heterocycles. The first-order valence-corrected chi connectivity index (χ1v) is 23.3. The van der Waals surface area contributed by atoms with Crippen LogP contribution in [0, 0.1) is 0 Å². The largest absolute Gasteiger partial charge is 2.00 e. The molecule has 4 atom stereocenters. The number of hydrogen-bond donors (Lipinski definition) is 2. The normalized spacial score (nSPS) is 13.1. The fraction of sp³-hybridized carbons (Fsp3) is 0.720. The number of ether oxygens (including phenoxy) is 2. The summed E-state index contributed by atoms with van der Waals surface area (Å²) in [5.74, 6) is -1.92. The first-order valence-electron chi connectivity index (χ1n) is 23.3. The maximum Gasteiger partial charge on any atom is 2.00 e. The van der Waals surface area contributed by atoms with Crippen molar-refractivity contribution in [1.82, 2.24) is 0 Å². The van der Waals surface area contributed by atoms with Crippen LogP contribution in [0.1, 0.15) is 205 Å². The molecule has 0 aliphatic rings. The van der Waals surface area contributed by atoms with Gasteiger partial charge in [0.05, 0.1) is 37.6 Å². The molecule has 0 saturated heterocycles. The van der Waals surface area contributed by atoms with Crippen molar-refractivity contribution >= 4 is 60.8 Å². The summed E-state index contributed by atoms with van der Waals surface area (Å²) in [5, 5.41) is 41.6. The average molecular weight is 949 g/mol. The van der Waals surface area contributed by atoms with Crippen LogP contribution >= 0.6 is 0 Å². The SMILES string of the molecule is CCCCCCCC(O)CCC(CCCCCCC(=O)[O-])OCc1ccccc1.CCCCCCCC(O)CCC(CCCCCCC(=O)[O-])OCc1ccccc1.[Ba+2]. The smallest absolute Gasteiger partial charge is 0.550 e. The van der Waals surface area contributed by atoms with Crippen LogP contribution in [0.25, 0.3) is 0 Å². The summed E-state index contributed by atoms with van der Waals surface area (Å²) in [5.41, 5.74) is 2.34. The third-order valence-electron chi connectivity index (χ3n) is 10.9. The van der Waals surface area contributed by atoms with Gasteiger partial charge in [0.2, 0.25) is 0 Å². The summed E-state index contributed by atoms with van der Waals surface area (Å²) >= 11 is 0. The van der Waals surface area contributed by atoms with Crippen LogP contribution in [0.15, 0.2) is 60.7 Å². The van der Waals surface area contributed by atoms with Crippen molar-refractivity contribution in [2.75, 3.05) is 0 Å². The Bertz CT molecular complexity index is 1110. The number of aliphatic hydroxyl groups excluding tert-OH is 2. The standard InChI is InChI=1S/2C25H42O4.Ba/c2*1-2-3-4-5-11-16-23(26)19-20-24(17-12-6-7-13-18-25(27)28)29-21-22-14-9-8-10-15-22;/h2*8-10,14-15,23-24,26H,2-7,11-13,16-21H2,1H3,(H,27,28);/q;;+2/p-2. The zero-order valence-corrected chi connectivity index (χ0v) is 41.8. The zero-order chi connectivity index (χ0) is 42.3. The molecule has 0 amide bonds. The quantitative estimate of drug-likeness (QED) is 0.0501. The van der Waals surface area contributed by atoms with Crippen LogP contribution in [0.4, 0.5) is 0 Å². The number of aliphatic hydroxyl groups is 2. The van der Waals surface area contributed by atoms with Crippen LogP contribution in [0.5, 0.6) is 0 Å². The van der Waals surface area contributed by atoms with Gasteiger partial charge in [-0.3, -0.25) is 0 Å². The van der Waals surface area contributed by atoms with Gasteiger partial charge < -0.3 is 39.5 Å². The molecule has 0 saturated carbocycles. The molecule has 9 heteroatoms. The predicted molar refractivity (Wildman–Crippen MR) is 238 cm³/mol. The van der Waals surface area contributed by atoms with Gasteiger partial charge in [0.25, 0.3) is 0 Å². The van der Waals surface area contributed by atoms with E-state index in [-0.39, 0.29) is 86.1 Å². The maximum absolute atomic E-state index is 10.5. The molecule has 0 spiro atoms. The summed E-state index contributed by atoms with van der Waals surface area (Å²) in [4.78, 5) is 21.0. The molecule has 332 valence electrons. The van der Waals surface area contributed by atoms with Crippen LogP contribution in [-0.4, -0.2) is 95.4 Å². The van der Waals surface area contributed by atoms with E-state index in [9.17, 15) is 30.0 Å². The Kier molecular flexibility index (Phi) is 41.2. The molecule has 2 aromatic carbocycles. The molecule has 2 N–H and O–H groups in total. The van der Waals surface area contributed by atoms with Crippen molar-refractivity contribution in [2.45, 2.75) is 231 Å². The van der Waals surface area contributed by atoms with Gasteiger partial charge in [-0.25, -0.2) is 0 Å². The summed E-state index contributed by atoms with van der Waals surface area (Å²) in [7, 11) is 0. The van der Waals surface area contributed by atoms with E-state index in [1.807, 2.05) is 36.4 Å². The first kappa shape index (κ1) is 57.8. The van der Waals surface area contributed by atoms with Gasteiger partial charge in [-0.15, -0.1) is 0 Å². The van der Waals surface area contributed by atoms with Gasteiger partial charge >= 0.3 is 48.9 Å². The molecule has 0 radical (unpaired) electrons. The summed E-state index contributed by atoms with van der Waals surface area (Å²) in [6.45, 7) is 5.63. The van der Waals surface area contributed by atoms with Gasteiger partial charge in [0.15, 0.2) is 0 Å². The molecule has 0 aliphatic heterocycles. The van der Waals surface area contributed by atoms with Crippen LogP contribution < -0.4 is 10.2 Å². The van der Waals surface area contributed by atoms with Gasteiger partial charge in [-0.1, -0.05) is 177 Å². The molecule has 2 rings (SSSR count). The van der Waals surface area contributed by atoms with E-state index in [1.165, 1.54) is 62.5 Å². The third kappa shape index (κ3) is 38.2. The number of carbonyl (C=O) groups excluding carboxylic acids is 2. The zero-order valence-electron chi connectivity index (χ0n) is 37.3. The predicted octanol–water partition coefficient (Wildman–Crippen LogP) is 9.95. The summed E-state index contributed by atoms with van der Waals surface area (Å²) < 4.78 is 12.3. The average Bonchev–Trinajstić information content (AvgIpc) is 3.22. The minimum atomic E-state index is -0.960. The molecule has 4 unspecified atom stereocenters. The molecule has 0 bridgehead atoms. The summed E-state index contributed by atoms with van der Waals surface area (Å²) in [6.07, 6.45) is 26.7. The monoisotopic (exact) mass is 949 g/mol. The maximum atomic E-state index is 10.5. The Labute approximate surface area is 400 Å². The van der Waals surface area contributed by atoms with Gasteiger partial charge in [0, 0.05) is 11.9 Å². The number of rotatable bonds is 38. The molecule has 0 fully saturated rings. The Balaban J connectivity index is 0.00000112. The number of carboxylic acids is 2. The second-order valence-corrected chi connectivity index (χ2v) is 16.4. The van der Waals surface area contributed by atoms with E-state index in [1.54, 1.807) is 0 Å². The Morgan fingerprint density at radius 1 is 0.458 bits per heavy atom. The van der Waals surface area contributed by atoms with Crippen molar-refractivity contribution in [3.63, 3.8) is 0 Å². The van der Waals surface area contributed by atoms with E-state index < -0.39 is 11.9 Å². The summed E-state index contributed by atoms with van der Waals surface area (Å²) in [6, 6.07) is 20.4. The van der Waals surface area contributed by atoms with E-state index in [2.05, 4.69) is 38.1 Å². The Morgan fingerprint density at radius 3 is 1.12 bits per heavy atom. The van der Waals surface area contributed by atoms with Crippen LogP contribution in [-0.2, 0) is 32.3 Å². The van der Waals surface area contributed by atoms with Crippen LogP contribution in [0.2, 0.25) is 0 Å². The van der Waals surface area contributed by atoms with Crippen molar-refractivity contribution in [3.05, 3.63) is 71.8 Å². The van der Waals surface area contributed by atoms with Crippen LogP contribution in [0.3, 0.4) is 0 Å². The number of carboxylic acid groups (broad SMARTS) is 2. The fourth-order valence-corrected chi connectivity index (χ4v) is 7.20. The van der Waals surface area contributed by atoms with E-state index in [0.29, 0.717) is 26.1 Å². The van der Waals surface area contributed by atoms with E-state index in [0.717, 1.165) is 103 Å². The molecule has 0 aliphatic carbocycles. The molecule has 2 aromatic rings. The fourth-order valence-electron chi connectivity index (χ4n) is 7.20. The van der Waals surface area contributed by atoms with Crippen molar-refractivity contribution in [3.8, 4) is 0 Å². The second kappa shape index (κ2) is 42.1. The molecular weight excluding hydrogens is 866 g/mol. The van der Waals surface area contributed by atoms with Crippen molar-refractivity contribution in [1.29, 1.82) is 0 Å². The third-order valence-corrected chi connectivity index (χ3v) is 10.9. The van der Waals surface area contributed by atoms with Crippen molar-refractivity contribution < 1.29 is 39.5 Å². The minimum Gasteiger partial charge on any atom is -0.550 e. The van der Waals surface area contributed by atoms with E-state index in [4.69, 9.17) is 9.47 Å². The molecule has 59 heavy (non-hydrogen) atoms. The number of aliphatic carboxylic acids is 2.